The summed E-state index contributed by atoms with van der Waals surface area (Å²) in [7, 11) is 0. The molecular formula is C17H25F3N2O2. The van der Waals surface area contributed by atoms with Crippen LogP contribution in [0.3, 0.4) is 0 Å². The molecule has 0 amide bonds. The lowest BCUT2D eigenvalue weighted by atomic mass is 10.2. The van der Waals surface area contributed by atoms with Crippen LogP contribution in [0, 0.1) is 6.92 Å². The second-order valence-corrected chi connectivity index (χ2v) is 6.33. The molecule has 1 aliphatic rings. The van der Waals surface area contributed by atoms with Crippen LogP contribution in [0.2, 0.25) is 0 Å². The van der Waals surface area contributed by atoms with Crippen molar-refractivity contribution in [1.29, 1.82) is 0 Å². The fourth-order valence-corrected chi connectivity index (χ4v) is 2.87. The van der Waals surface area contributed by atoms with Gasteiger partial charge >= 0.3 is 6.18 Å². The molecule has 1 N–H and O–H groups in total. The molecule has 4 nitrogen and oxygen atoms in total. The van der Waals surface area contributed by atoms with Crippen LogP contribution in [0.5, 0.6) is 5.75 Å². The summed E-state index contributed by atoms with van der Waals surface area (Å²) in [6, 6.07) is 7.59. The van der Waals surface area contributed by atoms with E-state index in [1.165, 1.54) is 4.90 Å². The first-order chi connectivity index (χ1) is 11.3. The Bertz CT molecular complexity index is 511. The Morgan fingerprint density at radius 3 is 2.58 bits per heavy atom. The Morgan fingerprint density at radius 2 is 1.88 bits per heavy atom. The van der Waals surface area contributed by atoms with Gasteiger partial charge in [-0.1, -0.05) is 12.1 Å². The first-order valence-electron chi connectivity index (χ1n) is 8.21. The molecule has 1 heterocycles. The zero-order valence-electron chi connectivity index (χ0n) is 13.9. The Morgan fingerprint density at radius 1 is 1.17 bits per heavy atom. The van der Waals surface area contributed by atoms with Gasteiger partial charge in [-0.2, -0.15) is 13.2 Å². The second-order valence-electron chi connectivity index (χ2n) is 6.33. The number of rotatable bonds is 6. The number of hydrogen-bond acceptors (Lipinski definition) is 4. The van der Waals surface area contributed by atoms with Gasteiger partial charge < -0.3 is 9.84 Å². The van der Waals surface area contributed by atoms with Crippen molar-refractivity contribution in [2.75, 3.05) is 45.9 Å². The minimum atomic E-state index is -4.16. The van der Waals surface area contributed by atoms with Crippen molar-refractivity contribution in [2.45, 2.75) is 25.6 Å². The van der Waals surface area contributed by atoms with Crippen LogP contribution in [0.4, 0.5) is 13.2 Å². The topological polar surface area (TPSA) is 35.9 Å². The van der Waals surface area contributed by atoms with Gasteiger partial charge in [-0.05, 0) is 44.1 Å². The smallest absolute Gasteiger partial charge is 0.401 e. The maximum atomic E-state index is 12.5. The number of aliphatic hydroxyl groups is 1. The molecule has 1 aromatic rings. The zero-order chi connectivity index (χ0) is 17.6. The van der Waals surface area contributed by atoms with E-state index in [0.29, 0.717) is 44.9 Å². The van der Waals surface area contributed by atoms with Gasteiger partial charge in [0.05, 0.1) is 6.54 Å². The number of aryl methyl sites for hydroxylation is 1. The number of ether oxygens (including phenoxy) is 1. The van der Waals surface area contributed by atoms with Crippen LogP contribution >= 0.6 is 0 Å². The van der Waals surface area contributed by atoms with E-state index >= 15 is 0 Å². The van der Waals surface area contributed by atoms with E-state index in [1.807, 2.05) is 36.1 Å². The summed E-state index contributed by atoms with van der Waals surface area (Å²) in [5.41, 5.74) is 1.08. The Balaban J connectivity index is 1.73. The maximum absolute atomic E-state index is 12.5. The lowest BCUT2D eigenvalue weighted by Gasteiger charge is -2.24. The number of aliphatic hydroxyl groups excluding tert-OH is 1. The fraction of sp³-hybridized carbons (Fsp3) is 0.647. The molecule has 0 spiro atoms. The van der Waals surface area contributed by atoms with E-state index in [4.69, 9.17) is 4.74 Å². The van der Waals surface area contributed by atoms with Crippen LogP contribution in [-0.4, -0.2) is 73.1 Å². The fourth-order valence-electron chi connectivity index (χ4n) is 2.87. The third-order valence-electron chi connectivity index (χ3n) is 3.98. The van der Waals surface area contributed by atoms with Crippen molar-refractivity contribution >= 4 is 0 Å². The van der Waals surface area contributed by atoms with Crippen LogP contribution < -0.4 is 4.74 Å². The first kappa shape index (κ1) is 19.0. The number of β-amino-alcohol motifs (C(OH)–C–C–N with tert-alkyl or cyclic N) is 1. The molecule has 0 aliphatic carbocycles. The van der Waals surface area contributed by atoms with Gasteiger partial charge in [0, 0.05) is 19.6 Å². The first-order valence-corrected chi connectivity index (χ1v) is 8.21. The molecule has 136 valence electrons. The van der Waals surface area contributed by atoms with Gasteiger partial charge in [-0.15, -0.1) is 0 Å². The lowest BCUT2D eigenvalue weighted by Crippen LogP contribution is -2.39. The van der Waals surface area contributed by atoms with Crippen molar-refractivity contribution in [2.24, 2.45) is 0 Å². The van der Waals surface area contributed by atoms with E-state index in [2.05, 4.69) is 0 Å². The third kappa shape index (κ3) is 7.07. The summed E-state index contributed by atoms with van der Waals surface area (Å²) in [5, 5.41) is 10.1. The van der Waals surface area contributed by atoms with Crippen LogP contribution in [-0.2, 0) is 0 Å². The molecule has 1 unspecified atom stereocenters. The third-order valence-corrected chi connectivity index (χ3v) is 3.98. The van der Waals surface area contributed by atoms with Crippen molar-refractivity contribution in [3.05, 3.63) is 29.8 Å². The highest BCUT2D eigenvalue weighted by atomic mass is 19.4. The van der Waals surface area contributed by atoms with Gasteiger partial charge in [-0.25, -0.2) is 0 Å². The monoisotopic (exact) mass is 346 g/mol. The van der Waals surface area contributed by atoms with Crippen molar-refractivity contribution in [3.63, 3.8) is 0 Å². The molecule has 1 aromatic carbocycles. The normalized spacial score (nSPS) is 19.0. The van der Waals surface area contributed by atoms with Crippen molar-refractivity contribution in [1.82, 2.24) is 9.80 Å². The highest BCUT2D eigenvalue weighted by molar-refractivity contribution is 5.27. The average molecular weight is 346 g/mol. The van der Waals surface area contributed by atoms with E-state index in [9.17, 15) is 18.3 Å². The molecule has 1 aliphatic heterocycles. The van der Waals surface area contributed by atoms with Gasteiger partial charge in [0.15, 0.2) is 0 Å². The zero-order valence-corrected chi connectivity index (χ0v) is 13.9. The summed E-state index contributed by atoms with van der Waals surface area (Å²) in [6.45, 7) is 3.70. The van der Waals surface area contributed by atoms with Crippen molar-refractivity contribution < 1.29 is 23.0 Å². The molecule has 2 rings (SSSR count). The molecule has 1 atom stereocenters. The molecule has 0 radical (unpaired) electrons. The predicted molar refractivity (Wildman–Crippen MR) is 86.2 cm³/mol. The number of benzene rings is 1. The average Bonchev–Trinajstić information content (AvgIpc) is 2.69. The minimum absolute atomic E-state index is 0.173. The van der Waals surface area contributed by atoms with Gasteiger partial charge in [-0.3, -0.25) is 9.80 Å². The summed E-state index contributed by atoms with van der Waals surface area (Å²) in [5.74, 6) is 0.710. The molecule has 0 bridgehead atoms. The molecule has 1 saturated heterocycles. The Labute approximate surface area is 140 Å². The van der Waals surface area contributed by atoms with Gasteiger partial charge in [0.2, 0.25) is 0 Å². The van der Waals surface area contributed by atoms with E-state index in [1.54, 1.807) is 0 Å². The minimum Gasteiger partial charge on any atom is -0.491 e. The number of hydrogen-bond donors (Lipinski definition) is 1. The lowest BCUT2D eigenvalue weighted by molar-refractivity contribution is -0.145. The summed E-state index contributed by atoms with van der Waals surface area (Å²) in [4.78, 5) is 3.43. The predicted octanol–water partition coefficient (Wildman–Crippen LogP) is 2.30. The molecule has 24 heavy (non-hydrogen) atoms. The molecule has 7 heteroatoms. The van der Waals surface area contributed by atoms with Crippen LogP contribution in [0.1, 0.15) is 12.0 Å². The largest absolute Gasteiger partial charge is 0.491 e. The Hall–Kier alpha value is -1.31. The number of halogens is 3. The molecule has 0 saturated carbocycles. The van der Waals surface area contributed by atoms with E-state index < -0.39 is 18.8 Å². The highest BCUT2D eigenvalue weighted by Crippen LogP contribution is 2.18. The van der Waals surface area contributed by atoms with Crippen molar-refractivity contribution in [3.8, 4) is 5.75 Å². The Kier molecular flexibility index (Phi) is 6.89. The summed E-state index contributed by atoms with van der Waals surface area (Å²) < 4.78 is 42.9. The molecule has 1 fully saturated rings. The van der Waals surface area contributed by atoms with Gasteiger partial charge in [0.1, 0.15) is 18.5 Å². The quantitative estimate of drug-likeness (QED) is 0.858. The highest BCUT2D eigenvalue weighted by Gasteiger charge is 2.31. The van der Waals surface area contributed by atoms with Gasteiger partial charge in [0.25, 0.3) is 0 Å². The summed E-state index contributed by atoms with van der Waals surface area (Å²) in [6.07, 6.45) is -4.16. The van der Waals surface area contributed by atoms with E-state index in [-0.39, 0.29) is 6.61 Å². The maximum Gasteiger partial charge on any atom is 0.401 e. The van der Waals surface area contributed by atoms with Crippen LogP contribution in [0.15, 0.2) is 24.3 Å². The number of alkyl halides is 3. The SMILES string of the molecule is Cc1cccc(OCC(O)CN2CCCN(CC(F)(F)F)CC2)c1. The standard InChI is InChI=1S/C17H25F3N2O2/c1-14-4-2-5-16(10-14)24-12-15(23)11-21-6-3-7-22(9-8-21)13-17(18,19)20/h2,4-5,10,15,23H,3,6-9,11-13H2,1H3. The molecule has 0 aromatic heterocycles. The van der Waals surface area contributed by atoms with E-state index in [0.717, 1.165) is 5.56 Å². The van der Waals surface area contributed by atoms with Crippen LogP contribution in [0.25, 0.3) is 0 Å². The number of nitrogens with zero attached hydrogens (tertiary/aromatic N) is 2. The molecular weight excluding hydrogens is 321 g/mol. The summed E-state index contributed by atoms with van der Waals surface area (Å²) >= 11 is 0. The second kappa shape index (κ2) is 8.69.